The molecule has 0 amide bonds. The summed E-state index contributed by atoms with van der Waals surface area (Å²) in [5, 5.41) is 0. The standard InChI is InChI=1S/C11H13N2.F6P/c1-8-9(2)13(3)11-7-5-4-6-10(11)12-8;1-7(2,3,4,5)6/h4-7H,1-3H3;/q+1;-1. The van der Waals surface area contributed by atoms with E-state index in [0.717, 1.165) is 11.2 Å². The van der Waals surface area contributed by atoms with Crippen LogP contribution in [0.4, 0.5) is 25.2 Å². The van der Waals surface area contributed by atoms with Gasteiger partial charge >= 0.3 is 33.0 Å². The van der Waals surface area contributed by atoms with E-state index in [2.05, 4.69) is 29.6 Å². The van der Waals surface area contributed by atoms with Crippen molar-refractivity contribution in [3.63, 3.8) is 0 Å². The molecule has 2 aromatic rings. The summed E-state index contributed by atoms with van der Waals surface area (Å²) in [6, 6.07) is 8.19. The van der Waals surface area contributed by atoms with Crippen LogP contribution in [0.3, 0.4) is 0 Å². The maximum absolute atomic E-state index is 10.7. The number of hydrogen-bond donors (Lipinski definition) is 0. The summed E-state index contributed by atoms with van der Waals surface area (Å²) in [6.45, 7) is 4.14. The molecular weight excluding hydrogens is 305 g/mol. The second kappa shape index (κ2) is 4.28. The maximum atomic E-state index is 9.87. The van der Waals surface area contributed by atoms with E-state index in [-0.39, 0.29) is 0 Å². The first-order valence-corrected chi connectivity index (χ1v) is 7.46. The second-order valence-electron chi connectivity index (χ2n) is 4.29. The zero-order valence-corrected chi connectivity index (χ0v) is 11.8. The first-order chi connectivity index (χ1) is 8.65. The number of rotatable bonds is 0. The molecule has 0 aliphatic heterocycles. The van der Waals surface area contributed by atoms with Gasteiger partial charge in [-0.3, -0.25) is 0 Å². The average molecular weight is 318 g/mol. The summed E-state index contributed by atoms with van der Waals surface area (Å²) >= 11 is 0. The number of hydrogen-bond acceptors (Lipinski definition) is 1. The summed E-state index contributed by atoms with van der Waals surface area (Å²) in [7, 11) is -8.58. The van der Waals surface area contributed by atoms with Crippen LogP contribution in [0.1, 0.15) is 11.4 Å². The predicted molar refractivity (Wildman–Crippen MR) is 66.0 cm³/mol. The van der Waals surface area contributed by atoms with Crippen molar-refractivity contribution in [2.75, 3.05) is 0 Å². The van der Waals surface area contributed by atoms with E-state index in [9.17, 15) is 25.2 Å². The van der Waals surface area contributed by atoms with Crippen molar-refractivity contribution in [2.24, 2.45) is 7.05 Å². The van der Waals surface area contributed by atoms with E-state index in [1.165, 1.54) is 11.2 Å². The third-order valence-electron chi connectivity index (χ3n) is 2.56. The molecule has 0 fully saturated rings. The molecule has 1 heterocycles. The van der Waals surface area contributed by atoms with Crippen LogP contribution in [0.2, 0.25) is 0 Å². The van der Waals surface area contributed by atoms with E-state index in [1.807, 2.05) is 25.1 Å². The van der Waals surface area contributed by atoms with Gasteiger partial charge in [0, 0.05) is 13.0 Å². The van der Waals surface area contributed by atoms with Crippen LogP contribution in [0.5, 0.6) is 0 Å². The van der Waals surface area contributed by atoms with Crippen molar-refractivity contribution in [3.8, 4) is 0 Å². The quantitative estimate of drug-likeness (QED) is 0.377. The minimum atomic E-state index is -10.7. The average Bonchev–Trinajstić information content (AvgIpc) is 2.22. The fraction of sp³-hybridized carbons (Fsp3) is 0.273. The van der Waals surface area contributed by atoms with Gasteiger partial charge in [0.2, 0.25) is 5.52 Å². The Kier molecular flexibility index (Phi) is 3.56. The van der Waals surface area contributed by atoms with Crippen LogP contribution < -0.4 is 4.57 Å². The topological polar surface area (TPSA) is 16.8 Å². The number of halogens is 6. The Bertz CT molecular complexity index is 639. The molecule has 0 N–H and O–H groups in total. The van der Waals surface area contributed by atoms with E-state index < -0.39 is 7.81 Å². The summed E-state index contributed by atoms with van der Waals surface area (Å²) in [4.78, 5) is 4.52. The Hall–Kier alpha value is -1.43. The number of benzene rings is 1. The van der Waals surface area contributed by atoms with Crippen LogP contribution >= 0.6 is 7.81 Å². The zero-order chi connectivity index (χ0) is 15.8. The molecule has 0 saturated heterocycles. The number of aromatic nitrogens is 2. The van der Waals surface area contributed by atoms with E-state index in [4.69, 9.17) is 0 Å². The van der Waals surface area contributed by atoms with Crippen molar-refractivity contribution in [1.29, 1.82) is 0 Å². The van der Waals surface area contributed by atoms with Gasteiger partial charge in [0.25, 0.3) is 0 Å². The molecule has 9 heteroatoms. The molecule has 0 aliphatic rings. The van der Waals surface area contributed by atoms with Gasteiger partial charge in [0.1, 0.15) is 18.3 Å². The predicted octanol–water partition coefficient (Wildman–Crippen LogP) is 5.06. The first-order valence-electron chi connectivity index (χ1n) is 5.43. The second-order valence-corrected chi connectivity index (χ2v) is 6.21. The van der Waals surface area contributed by atoms with Crippen LogP contribution in [0.25, 0.3) is 11.0 Å². The third kappa shape index (κ3) is 6.14. The fourth-order valence-electron chi connectivity index (χ4n) is 1.53. The van der Waals surface area contributed by atoms with Crippen molar-refractivity contribution < 1.29 is 29.7 Å². The van der Waals surface area contributed by atoms with E-state index in [1.54, 1.807) is 0 Å². The van der Waals surface area contributed by atoms with Gasteiger partial charge < -0.3 is 0 Å². The molecular formula is C11H13F6N2P. The number of para-hydroxylation sites is 2. The molecule has 20 heavy (non-hydrogen) atoms. The van der Waals surface area contributed by atoms with Gasteiger partial charge in [-0.2, -0.15) is 4.57 Å². The summed E-state index contributed by atoms with van der Waals surface area (Å²) in [5.74, 6) is 0. The summed E-state index contributed by atoms with van der Waals surface area (Å²) < 4.78 is 61.4. The molecule has 2 nitrogen and oxygen atoms in total. The monoisotopic (exact) mass is 318 g/mol. The molecule has 0 atom stereocenters. The normalized spacial score (nSPS) is 15.1. The van der Waals surface area contributed by atoms with Gasteiger partial charge in [0.05, 0.1) is 0 Å². The molecule has 0 spiro atoms. The Balaban J connectivity index is 0.000000246. The first kappa shape index (κ1) is 16.6. The van der Waals surface area contributed by atoms with Crippen LogP contribution in [-0.2, 0) is 7.05 Å². The van der Waals surface area contributed by atoms with Crippen LogP contribution in [0.15, 0.2) is 24.3 Å². The molecule has 1 aromatic heterocycles. The van der Waals surface area contributed by atoms with E-state index >= 15 is 0 Å². The van der Waals surface area contributed by atoms with Gasteiger partial charge in [-0.1, -0.05) is 12.1 Å². The molecule has 0 bridgehead atoms. The third-order valence-corrected chi connectivity index (χ3v) is 2.56. The molecule has 1 aromatic carbocycles. The molecule has 0 radical (unpaired) electrons. The fourth-order valence-corrected chi connectivity index (χ4v) is 1.53. The van der Waals surface area contributed by atoms with Crippen molar-refractivity contribution in [2.45, 2.75) is 13.8 Å². The van der Waals surface area contributed by atoms with Crippen LogP contribution in [0, 0.1) is 13.8 Å². The molecule has 0 saturated carbocycles. The molecule has 0 aliphatic carbocycles. The van der Waals surface area contributed by atoms with Crippen molar-refractivity contribution >= 4 is 18.8 Å². The Morgan fingerprint density at radius 1 is 0.950 bits per heavy atom. The SMILES string of the molecule is Cc1nc2ccccc2[n+](C)c1C.F[P-](F)(F)(F)(F)F. The number of aryl methyl sites for hydroxylation is 2. The van der Waals surface area contributed by atoms with Gasteiger partial charge in [-0.05, 0) is 13.0 Å². The van der Waals surface area contributed by atoms with Crippen LogP contribution in [-0.4, -0.2) is 4.98 Å². The van der Waals surface area contributed by atoms with Gasteiger partial charge in [-0.25, -0.2) is 4.98 Å². The molecule has 114 valence electrons. The van der Waals surface area contributed by atoms with Gasteiger partial charge in [-0.15, -0.1) is 0 Å². The van der Waals surface area contributed by atoms with Crippen molar-refractivity contribution in [3.05, 3.63) is 35.7 Å². The number of nitrogens with zero attached hydrogens (tertiary/aromatic N) is 2. The molecule has 0 unspecified atom stereocenters. The summed E-state index contributed by atoms with van der Waals surface area (Å²) in [5.41, 5.74) is 4.57. The molecule has 2 rings (SSSR count). The summed E-state index contributed by atoms with van der Waals surface area (Å²) in [6.07, 6.45) is 0. The Morgan fingerprint density at radius 2 is 1.40 bits per heavy atom. The Labute approximate surface area is 111 Å². The van der Waals surface area contributed by atoms with E-state index in [0.29, 0.717) is 0 Å². The number of fused-ring (bicyclic) bond motifs is 1. The van der Waals surface area contributed by atoms with Crippen molar-refractivity contribution in [1.82, 2.24) is 4.98 Å². The van der Waals surface area contributed by atoms with Gasteiger partial charge in [0.15, 0.2) is 5.69 Å². The minimum absolute atomic E-state index is 1.06. The zero-order valence-electron chi connectivity index (χ0n) is 10.9. The Morgan fingerprint density at radius 3 is 1.90 bits per heavy atom.